The molecular weight excluding hydrogens is 276 g/mol. The summed E-state index contributed by atoms with van der Waals surface area (Å²) in [6.45, 7) is -2.82. The SMILES string of the molecule is FC(F)Oc1ccc(-n2cc(CCCCl)nn2)cc1. The van der Waals surface area contributed by atoms with Gasteiger partial charge in [-0.1, -0.05) is 5.21 Å². The second-order valence-corrected chi connectivity index (χ2v) is 4.20. The Labute approximate surface area is 113 Å². The zero-order valence-electron chi connectivity index (χ0n) is 9.97. The largest absolute Gasteiger partial charge is 0.435 e. The first-order valence-corrected chi connectivity index (χ1v) is 6.25. The van der Waals surface area contributed by atoms with Crippen molar-refractivity contribution in [1.29, 1.82) is 0 Å². The van der Waals surface area contributed by atoms with Crippen molar-refractivity contribution in [3.05, 3.63) is 36.2 Å². The second-order valence-electron chi connectivity index (χ2n) is 3.82. The molecule has 1 aromatic heterocycles. The Morgan fingerprint density at radius 2 is 2.00 bits per heavy atom. The lowest BCUT2D eigenvalue weighted by Gasteiger charge is -2.05. The summed E-state index contributed by atoms with van der Waals surface area (Å²) in [7, 11) is 0. The van der Waals surface area contributed by atoms with Gasteiger partial charge in [0.15, 0.2) is 0 Å². The number of benzene rings is 1. The molecule has 1 heterocycles. The number of ether oxygens (including phenoxy) is 1. The number of aryl methyl sites for hydroxylation is 1. The Morgan fingerprint density at radius 1 is 1.26 bits per heavy atom. The number of hydrogen-bond donors (Lipinski definition) is 0. The Kier molecular flexibility index (Phi) is 4.68. The third-order valence-electron chi connectivity index (χ3n) is 2.43. The number of rotatable bonds is 6. The van der Waals surface area contributed by atoms with E-state index in [9.17, 15) is 8.78 Å². The molecule has 0 unspecified atom stereocenters. The molecule has 0 fully saturated rings. The summed E-state index contributed by atoms with van der Waals surface area (Å²) in [5, 5.41) is 7.97. The van der Waals surface area contributed by atoms with Gasteiger partial charge in [-0.05, 0) is 37.1 Å². The quantitative estimate of drug-likeness (QED) is 0.767. The maximum Gasteiger partial charge on any atom is 0.387 e. The Morgan fingerprint density at radius 3 is 2.63 bits per heavy atom. The highest BCUT2D eigenvalue weighted by molar-refractivity contribution is 6.17. The molecule has 0 amide bonds. The molecule has 1 aromatic carbocycles. The number of hydrogen-bond acceptors (Lipinski definition) is 3. The fraction of sp³-hybridized carbons (Fsp3) is 0.333. The van der Waals surface area contributed by atoms with E-state index >= 15 is 0 Å². The molecule has 0 aliphatic rings. The first-order chi connectivity index (χ1) is 9.19. The maximum absolute atomic E-state index is 12.0. The highest BCUT2D eigenvalue weighted by Crippen LogP contribution is 2.17. The molecule has 0 bridgehead atoms. The van der Waals surface area contributed by atoms with Gasteiger partial charge in [0, 0.05) is 5.88 Å². The van der Waals surface area contributed by atoms with Gasteiger partial charge in [0.1, 0.15) is 5.75 Å². The summed E-state index contributed by atoms with van der Waals surface area (Å²) < 4.78 is 29.9. The molecule has 0 aliphatic carbocycles. The summed E-state index contributed by atoms with van der Waals surface area (Å²) in [6.07, 6.45) is 3.38. The Balaban J connectivity index is 2.07. The van der Waals surface area contributed by atoms with Gasteiger partial charge in [-0.15, -0.1) is 16.7 Å². The topological polar surface area (TPSA) is 39.9 Å². The predicted octanol–water partition coefficient (Wildman–Crippen LogP) is 3.04. The van der Waals surface area contributed by atoms with Gasteiger partial charge in [-0.25, -0.2) is 4.68 Å². The predicted molar refractivity (Wildman–Crippen MR) is 67.0 cm³/mol. The highest BCUT2D eigenvalue weighted by Gasteiger charge is 2.06. The van der Waals surface area contributed by atoms with E-state index in [0.717, 1.165) is 24.2 Å². The summed E-state index contributed by atoms with van der Waals surface area (Å²) in [5.41, 5.74) is 1.57. The number of halogens is 3. The van der Waals surface area contributed by atoms with Crippen LogP contribution in [0.4, 0.5) is 8.78 Å². The second kappa shape index (κ2) is 6.47. The molecule has 0 aliphatic heterocycles. The lowest BCUT2D eigenvalue weighted by molar-refractivity contribution is -0.0498. The van der Waals surface area contributed by atoms with E-state index in [1.165, 1.54) is 12.1 Å². The van der Waals surface area contributed by atoms with Gasteiger partial charge in [0.2, 0.25) is 0 Å². The van der Waals surface area contributed by atoms with Crippen LogP contribution in [0, 0.1) is 0 Å². The molecule has 0 saturated heterocycles. The molecule has 19 heavy (non-hydrogen) atoms. The molecule has 2 aromatic rings. The van der Waals surface area contributed by atoms with Crippen LogP contribution < -0.4 is 4.74 Å². The van der Waals surface area contributed by atoms with Crippen molar-refractivity contribution in [1.82, 2.24) is 15.0 Å². The normalized spacial score (nSPS) is 10.9. The molecule has 0 radical (unpaired) electrons. The standard InChI is InChI=1S/C12H12ClF2N3O/c13-7-1-2-9-8-18(17-16-9)10-3-5-11(6-4-10)19-12(14)15/h3-6,8,12H,1-2,7H2. The van der Waals surface area contributed by atoms with Crippen molar-refractivity contribution in [3.8, 4) is 11.4 Å². The summed E-state index contributed by atoms with van der Waals surface area (Å²) in [6, 6.07) is 6.19. The number of nitrogens with zero attached hydrogens (tertiary/aromatic N) is 3. The van der Waals surface area contributed by atoms with Crippen LogP contribution in [0.15, 0.2) is 30.5 Å². The first-order valence-electron chi connectivity index (χ1n) is 5.71. The van der Waals surface area contributed by atoms with Crippen LogP contribution in [-0.4, -0.2) is 27.5 Å². The van der Waals surface area contributed by atoms with Crippen molar-refractivity contribution >= 4 is 11.6 Å². The summed E-state index contributed by atoms with van der Waals surface area (Å²) in [4.78, 5) is 0. The lowest BCUT2D eigenvalue weighted by Crippen LogP contribution is -2.02. The van der Waals surface area contributed by atoms with E-state index in [1.807, 2.05) is 0 Å². The molecule has 0 spiro atoms. The average Bonchev–Trinajstić information content (AvgIpc) is 2.85. The highest BCUT2D eigenvalue weighted by atomic mass is 35.5. The summed E-state index contributed by atoms with van der Waals surface area (Å²) >= 11 is 5.60. The van der Waals surface area contributed by atoms with Crippen molar-refractivity contribution < 1.29 is 13.5 Å². The van der Waals surface area contributed by atoms with Crippen LogP contribution in [-0.2, 0) is 6.42 Å². The number of alkyl halides is 3. The molecule has 0 saturated carbocycles. The molecule has 7 heteroatoms. The van der Waals surface area contributed by atoms with Gasteiger partial charge in [-0.3, -0.25) is 0 Å². The van der Waals surface area contributed by atoms with Crippen molar-refractivity contribution in [2.24, 2.45) is 0 Å². The Hall–Kier alpha value is -1.69. The van der Waals surface area contributed by atoms with Crippen LogP contribution in [0.3, 0.4) is 0 Å². The molecule has 2 rings (SSSR count). The lowest BCUT2D eigenvalue weighted by atomic mass is 10.2. The van der Waals surface area contributed by atoms with Gasteiger partial charge >= 0.3 is 6.61 Å². The Bertz CT molecular complexity index is 516. The third kappa shape index (κ3) is 3.89. The van der Waals surface area contributed by atoms with Crippen LogP contribution in [0.25, 0.3) is 5.69 Å². The van der Waals surface area contributed by atoms with Crippen molar-refractivity contribution in [2.75, 3.05) is 5.88 Å². The van der Waals surface area contributed by atoms with Gasteiger partial charge in [-0.2, -0.15) is 8.78 Å². The van der Waals surface area contributed by atoms with E-state index in [0.29, 0.717) is 5.88 Å². The van der Waals surface area contributed by atoms with Gasteiger partial charge in [0.25, 0.3) is 0 Å². The molecular formula is C12H12ClF2N3O. The molecule has 0 N–H and O–H groups in total. The monoisotopic (exact) mass is 287 g/mol. The minimum absolute atomic E-state index is 0.112. The van der Waals surface area contributed by atoms with E-state index in [-0.39, 0.29) is 5.75 Å². The smallest absolute Gasteiger partial charge is 0.387 e. The minimum Gasteiger partial charge on any atom is -0.435 e. The zero-order valence-corrected chi connectivity index (χ0v) is 10.7. The van der Waals surface area contributed by atoms with E-state index in [4.69, 9.17) is 11.6 Å². The molecule has 102 valence electrons. The van der Waals surface area contributed by atoms with E-state index in [1.54, 1.807) is 23.0 Å². The van der Waals surface area contributed by atoms with Crippen molar-refractivity contribution in [3.63, 3.8) is 0 Å². The fourth-order valence-electron chi connectivity index (χ4n) is 1.57. The van der Waals surface area contributed by atoms with Crippen LogP contribution in [0.1, 0.15) is 12.1 Å². The number of aromatic nitrogens is 3. The van der Waals surface area contributed by atoms with Gasteiger partial charge < -0.3 is 4.74 Å². The van der Waals surface area contributed by atoms with Crippen LogP contribution in [0.2, 0.25) is 0 Å². The fourth-order valence-corrected chi connectivity index (χ4v) is 1.70. The average molecular weight is 288 g/mol. The van der Waals surface area contributed by atoms with E-state index < -0.39 is 6.61 Å². The van der Waals surface area contributed by atoms with Crippen LogP contribution in [0.5, 0.6) is 5.75 Å². The summed E-state index contributed by atoms with van der Waals surface area (Å²) in [5.74, 6) is 0.688. The minimum atomic E-state index is -2.82. The van der Waals surface area contributed by atoms with Gasteiger partial charge in [0.05, 0.1) is 17.6 Å². The van der Waals surface area contributed by atoms with Crippen molar-refractivity contribution in [2.45, 2.75) is 19.5 Å². The maximum atomic E-state index is 12.0. The van der Waals surface area contributed by atoms with E-state index in [2.05, 4.69) is 15.0 Å². The molecule has 4 nitrogen and oxygen atoms in total. The first kappa shape index (κ1) is 13.7. The molecule has 0 atom stereocenters. The zero-order chi connectivity index (χ0) is 13.7. The third-order valence-corrected chi connectivity index (χ3v) is 2.70. The van der Waals surface area contributed by atoms with Crippen LogP contribution >= 0.6 is 11.6 Å².